The fraction of sp³-hybridized carbons (Fsp3) is 0.0833. The van der Waals surface area contributed by atoms with E-state index >= 15 is 0 Å². The molecule has 1 unspecified atom stereocenters. The molecule has 2 N–H and O–H groups in total. The van der Waals surface area contributed by atoms with Crippen LogP contribution in [0.3, 0.4) is 0 Å². The van der Waals surface area contributed by atoms with Crippen LogP contribution in [0, 0.1) is 5.82 Å². The van der Waals surface area contributed by atoms with Gasteiger partial charge in [0.2, 0.25) is 0 Å². The largest absolute Gasteiger partial charge is 0.377 e. The van der Waals surface area contributed by atoms with Crippen molar-refractivity contribution in [2.75, 3.05) is 5.32 Å². The summed E-state index contributed by atoms with van der Waals surface area (Å²) in [5.41, 5.74) is 4.87. The zero-order valence-corrected chi connectivity index (χ0v) is 16.9. The van der Waals surface area contributed by atoms with Crippen molar-refractivity contribution in [2.24, 2.45) is 0 Å². The molecular formula is C24H18ClFN4. The standard InChI is InChI=1S/C24H18ClFN4/c1-14(30-23-18-4-2-3-5-22(18)29-13-20(23)25)19-12-15(6-7-21(19)26)16-8-10-27-24-17(16)9-11-28-24/h2-14H,1H3,(H,27,28)(H,29,30). The highest BCUT2D eigenvalue weighted by molar-refractivity contribution is 6.34. The summed E-state index contributed by atoms with van der Waals surface area (Å²) in [6.07, 6.45) is 5.22. The highest BCUT2D eigenvalue weighted by Crippen LogP contribution is 2.35. The number of aromatic amines is 1. The maximum atomic E-state index is 14.8. The summed E-state index contributed by atoms with van der Waals surface area (Å²) in [4.78, 5) is 11.8. The van der Waals surface area contributed by atoms with Crippen molar-refractivity contribution in [2.45, 2.75) is 13.0 Å². The van der Waals surface area contributed by atoms with Gasteiger partial charge in [0, 0.05) is 34.9 Å². The van der Waals surface area contributed by atoms with E-state index in [0.717, 1.165) is 38.8 Å². The Morgan fingerprint density at radius 2 is 1.90 bits per heavy atom. The first-order chi connectivity index (χ1) is 14.6. The van der Waals surface area contributed by atoms with Crippen molar-refractivity contribution >= 4 is 39.2 Å². The molecule has 0 saturated carbocycles. The molecule has 0 bridgehead atoms. The minimum absolute atomic E-state index is 0.271. The average Bonchev–Trinajstić information content (AvgIpc) is 3.25. The third-order valence-electron chi connectivity index (χ3n) is 5.32. The normalized spacial score (nSPS) is 12.4. The van der Waals surface area contributed by atoms with Crippen molar-refractivity contribution in [3.05, 3.63) is 89.6 Å². The lowest BCUT2D eigenvalue weighted by molar-refractivity contribution is 0.600. The number of pyridine rings is 2. The molecular weight excluding hydrogens is 399 g/mol. The van der Waals surface area contributed by atoms with E-state index in [9.17, 15) is 4.39 Å². The van der Waals surface area contributed by atoms with E-state index in [-0.39, 0.29) is 11.9 Å². The van der Waals surface area contributed by atoms with Gasteiger partial charge in [-0.25, -0.2) is 9.37 Å². The van der Waals surface area contributed by atoms with Crippen LogP contribution in [0.2, 0.25) is 5.02 Å². The topological polar surface area (TPSA) is 53.6 Å². The first-order valence-corrected chi connectivity index (χ1v) is 10.0. The lowest BCUT2D eigenvalue weighted by Crippen LogP contribution is -2.10. The van der Waals surface area contributed by atoms with Gasteiger partial charge >= 0.3 is 0 Å². The lowest BCUT2D eigenvalue weighted by Gasteiger charge is -2.20. The molecule has 2 aromatic carbocycles. The van der Waals surface area contributed by atoms with Gasteiger partial charge in [-0.2, -0.15) is 0 Å². The zero-order chi connectivity index (χ0) is 20.7. The Balaban J connectivity index is 1.56. The second kappa shape index (κ2) is 7.43. The first kappa shape index (κ1) is 18.6. The molecule has 30 heavy (non-hydrogen) atoms. The highest BCUT2D eigenvalue weighted by Gasteiger charge is 2.16. The molecule has 0 aliphatic heterocycles. The van der Waals surface area contributed by atoms with Crippen LogP contribution in [-0.4, -0.2) is 15.0 Å². The number of halogens is 2. The Morgan fingerprint density at radius 3 is 2.80 bits per heavy atom. The Kier molecular flexibility index (Phi) is 4.60. The van der Waals surface area contributed by atoms with E-state index in [1.54, 1.807) is 18.5 Å². The maximum absolute atomic E-state index is 14.8. The molecule has 0 fully saturated rings. The van der Waals surface area contributed by atoms with Gasteiger partial charge in [0.25, 0.3) is 0 Å². The van der Waals surface area contributed by atoms with Crippen molar-refractivity contribution in [1.82, 2.24) is 15.0 Å². The summed E-state index contributed by atoms with van der Waals surface area (Å²) in [5, 5.41) is 5.79. The lowest BCUT2D eigenvalue weighted by atomic mass is 9.98. The molecule has 0 amide bonds. The summed E-state index contributed by atoms with van der Waals surface area (Å²) in [6.45, 7) is 1.92. The number of hydrogen-bond donors (Lipinski definition) is 2. The summed E-state index contributed by atoms with van der Waals surface area (Å²) in [7, 11) is 0. The Hall–Kier alpha value is -3.44. The number of rotatable bonds is 4. The van der Waals surface area contributed by atoms with Gasteiger partial charge in [0.15, 0.2) is 0 Å². The fourth-order valence-corrected chi connectivity index (χ4v) is 4.02. The molecule has 1 atom stereocenters. The van der Waals surface area contributed by atoms with Gasteiger partial charge in [0.1, 0.15) is 11.5 Å². The summed E-state index contributed by atoms with van der Waals surface area (Å²) in [6, 6.07) is 16.5. The molecule has 6 heteroatoms. The van der Waals surface area contributed by atoms with Gasteiger partial charge in [-0.3, -0.25) is 4.98 Å². The number of nitrogens with zero attached hydrogens (tertiary/aromatic N) is 2. The Labute approximate surface area is 177 Å². The van der Waals surface area contributed by atoms with Crippen LogP contribution in [-0.2, 0) is 0 Å². The monoisotopic (exact) mass is 416 g/mol. The quantitative estimate of drug-likeness (QED) is 0.341. The van der Waals surface area contributed by atoms with Gasteiger partial charge in [-0.05, 0) is 48.4 Å². The second-order valence-electron chi connectivity index (χ2n) is 7.20. The molecule has 5 aromatic rings. The van der Waals surface area contributed by atoms with E-state index in [2.05, 4.69) is 20.3 Å². The molecule has 3 aromatic heterocycles. The van der Waals surface area contributed by atoms with Gasteiger partial charge in [0.05, 0.1) is 22.3 Å². The third kappa shape index (κ3) is 3.17. The smallest absolute Gasteiger partial charge is 0.137 e. The number of fused-ring (bicyclic) bond motifs is 2. The van der Waals surface area contributed by atoms with Crippen LogP contribution in [0.1, 0.15) is 18.5 Å². The minimum Gasteiger partial charge on any atom is -0.377 e. The predicted molar refractivity (Wildman–Crippen MR) is 120 cm³/mol. The van der Waals surface area contributed by atoms with Crippen molar-refractivity contribution in [3.8, 4) is 11.1 Å². The summed E-state index contributed by atoms with van der Waals surface area (Å²) >= 11 is 6.43. The number of H-pyrrole nitrogens is 1. The van der Waals surface area contributed by atoms with Crippen LogP contribution in [0.15, 0.2) is 73.2 Å². The zero-order valence-electron chi connectivity index (χ0n) is 16.2. The Morgan fingerprint density at radius 1 is 1.03 bits per heavy atom. The Bertz CT molecular complexity index is 1380. The fourth-order valence-electron chi connectivity index (χ4n) is 3.81. The summed E-state index contributed by atoms with van der Waals surface area (Å²) in [5.74, 6) is -0.271. The van der Waals surface area contributed by atoms with Crippen molar-refractivity contribution < 1.29 is 4.39 Å². The number of anilines is 1. The molecule has 0 aliphatic carbocycles. The van der Waals surface area contributed by atoms with E-state index in [0.29, 0.717) is 10.6 Å². The molecule has 0 radical (unpaired) electrons. The van der Waals surface area contributed by atoms with Crippen LogP contribution < -0.4 is 5.32 Å². The molecule has 5 rings (SSSR count). The van der Waals surface area contributed by atoms with Gasteiger partial charge in [-0.1, -0.05) is 35.9 Å². The van der Waals surface area contributed by atoms with Crippen molar-refractivity contribution in [3.63, 3.8) is 0 Å². The molecule has 0 spiro atoms. The van der Waals surface area contributed by atoms with Crippen LogP contribution in [0.4, 0.5) is 10.1 Å². The molecule has 148 valence electrons. The first-order valence-electron chi connectivity index (χ1n) is 9.63. The van der Waals surface area contributed by atoms with Gasteiger partial charge < -0.3 is 10.3 Å². The average molecular weight is 417 g/mol. The number of para-hydroxylation sites is 1. The van der Waals surface area contributed by atoms with Crippen LogP contribution in [0.5, 0.6) is 0 Å². The molecule has 3 heterocycles. The van der Waals surface area contributed by atoms with E-state index < -0.39 is 0 Å². The van der Waals surface area contributed by atoms with Gasteiger partial charge in [-0.15, -0.1) is 0 Å². The maximum Gasteiger partial charge on any atom is 0.137 e. The van der Waals surface area contributed by atoms with E-state index in [1.807, 2.05) is 55.6 Å². The van der Waals surface area contributed by atoms with Crippen LogP contribution in [0.25, 0.3) is 33.1 Å². The SMILES string of the molecule is CC(Nc1c(Cl)cnc2ccccc12)c1cc(-c2ccnc3[nH]ccc23)ccc1F. The minimum atomic E-state index is -0.309. The van der Waals surface area contributed by atoms with E-state index in [4.69, 9.17) is 11.6 Å². The molecule has 0 aliphatic rings. The van der Waals surface area contributed by atoms with Crippen molar-refractivity contribution in [1.29, 1.82) is 0 Å². The number of nitrogens with one attached hydrogen (secondary N) is 2. The third-order valence-corrected chi connectivity index (χ3v) is 5.61. The number of hydrogen-bond acceptors (Lipinski definition) is 3. The number of aromatic nitrogens is 3. The van der Waals surface area contributed by atoms with E-state index in [1.165, 1.54) is 6.07 Å². The highest BCUT2D eigenvalue weighted by atomic mass is 35.5. The summed E-state index contributed by atoms with van der Waals surface area (Å²) < 4.78 is 14.8. The molecule has 4 nitrogen and oxygen atoms in total. The molecule has 0 saturated heterocycles. The second-order valence-corrected chi connectivity index (χ2v) is 7.61. The number of benzene rings is 2. The predicted octanol–water partition coefficient (Wildman–Crippen LogP) is 6.74. The van der Waals surface area contributed by atoms with Crippen LogP contribution >= 0.6 is 11.6 Å².